The molecule has 1 fully saturated rings. The fraction of sp³-hybridized carbons (Fsp3) is 0.562. The van der Waals surface area contributed by atoms with Gasteiger partial charge in [0.15, 0.2) is 0 Å². The Morgan fingerprint density at radius 1 is 1.32 bits per heavy atom. The Morgan fingerprint density at radius 2 is 2.05 bits per heavy atom. The predicted octanol–water partition coefficient (Wildman–Crippen LogP) is 2.00. The van der Waals surface area contributed by atoms with Crippen LogP contribution in [-0.2, 0) is 4.74 Å². The van der Waals surface area contributed by atoms with Crippen molar-refractivity contribution in [2.75, 3.05) is 26.9 Å². The van der Waals surface area contributed by atoms with Gasteiger partial charge in [-0.1, -0.05) is 0 Å². The fourth-order valence-corrected chi connectivity index (χ4v) is 2.48. The van der Waals surface area contributed by atoms with Crippen molar-refractivity contribution in [3.8, 4) is 5.75 Å². The van der Waals surface area contributed by atoms with E-state index in [0.29, 0.717) is 24.8 Å². The lowest BCUT2D eigenvalue weighted by Gasteiger charge is -2.28. The van der Waals surface area contributed by atoms with E-state index in [9.17, 15) is 4.79 Å². The molecule has 0 bridgehead atoms. The van der Waals surface area contributed by atoms with E-state index in [2.05, 4.69) is 17.6 Å². The lowest BCUT2D eigenvalue weighted by atomic mass is 10.0. The molecular weight excluding hydrogens is 304 g/mol. The number of carbonyl (C=O) groups is 1. The van der Waals surface area contributed by atoms with E-state index in [1.165, 1.54) is 0 Å². The molecule has 0 aromatic heterocycles. The van der Waals surface area contributed by atoms with Crippen LogP contribution in [0.4, 0.5) is 0 Å². The zero-order chi connectivity index (χ0) is 15.1. The topological polar surface area (TPSA) is 59.6 Å². The molecule has 1 aromatic rings. The smallest absolute Gasteiger partial charge is 0.251 e. The Hall–Kier alpha value is -1.30. The number of methoxy groups -OCH3 is 1. The molecule has 2 N–H and O–H groups in total. The molecule has 6 heteroatoms. The van der Waals surface area contributed by atoms with Gasteiger partial charge in [0.2, 0.25) is 0 Å². The van der Waals surface area contributed by atoms with Crippen LogP contribution in [0, 0.1) is 0 Å². The lowest BCUT2D eigenvalue weighted by molar-refractivity contribution is 0.0925. The molecule has 0 spiro atoms. The Labute approximate surface area is 138 Å². The first kappa shape index (κ1) is 18.7. The second-order valence-electron chi connectivity index (χ2n) is 5.42. The second-order valence-corrected chi connectivity index (χ2v) is 5.42. The minimum Gasteiger partial charge on any atom is -0.491 e. The summed E-state index contributed by atoms with van der Waals surface area (Å²) in [6.45, 7) is 4.16. The molecule has 0 saturated carbocycles. The van der Waals surface area contributed by atoms with Crippen molar-refractivity contribution in [3.63, 3.8) is 0 Å². The van der Waals surface area contributed by atoms with Gasteiger partial charge in [-0.2, -0.15) is 0 Å². The van der Waals surface area contributed by atoms with Crippen molar-refractivity contribution < 1.29 is 14.3 Å². The first-order valence-electron chi connectivity index (χ1n) is 7.45. The summed E-state index contributed by atoms with van der Waals surface area (Å²) in [5.74, 6) is 0.733. The van der Waals surface area contributed by atoms with Crippen LogP contribution in [0.5, 0.6) is 5.75 Å². The third-order valence-corrected chi connectivity index (χ3v) is 3.63. The summed E-state index contributed by atoms with van der Waals surface area (Å²) < 4.78 is 10.4. The first-order chi connectivity index (χ1) is 10.2. The number of hydrogen-bond acceptors (Lipinski definition) is 4. The highest BCUT2D eigenvalue weighted by molar-refractivity contribution is 5.94. The van der Waals surface area contributed by atoms with E-state index >= 15 is 0 Å². The van der Waals surface area contributed by atoms with E-state index in [0.717, 1.165) is 25.1 Å². The third-order valence-electron chi connectivity index (χ3n) is 3.63. The number of halogens is 1. The van der Waals surface area contributed by atoms with Crippen LogP contribution in [0.3, 0.4) is 0 Å². The van der Waals surface area contributed by atoms with E-state index in [4.69, 9.17) is 9.47 Å². The van der Waals surface area contributed by atoms with Crippen LogP contribution in [-0.4, -0.2) is 44.9 Å². The van der Waals surface area contributed by atoms with Crippen LogP contribution >= 0.6 is 12.4 Å². The van der Waals surface area contributed by atoms with Gasteiger partial charge in [0.1, 0.15) is 12.4 Å². The summed E-state index contributed by atoms with van der Waals surface area (Å²) in [4.78, 5) is 12.2. The van der Waals surface area contributed by atoms with Crippen molar-refractivity contribution in [3.05, 3.63) is 29.8 Å². The molecule has 1 aliphatic heterocycles. The Balaban J connectivity index is 0.00000242. The minimum absolute atomic E-state index is 0. The van der Waals surface area contributed by atoms with Crippen molar-refractivity contribution >= 4 is 18.3 Å². The average Bonchev–Trinajstić information content (AvgIpc) is 2.48. The van der Waals surface area contributed by atoms with Gasteiger partial charge in [-0.05, 0) is 50.6 Å². The van der Waals surface area contributed by atoms with Crippen LogP contribution in [0.15, 0.2) is 24.3 Å². The molecule has 1 aromatic carbocycles. The molecule has 0 aliphatic carbocycles. The third kappa shape index (κ3) is 5.83. The molecule has 0 radical (unpaired) electrons. The van der Waals surface area contributed by atoms with E-state index < -0.39 is 0 Å². The molecule has 1 heterocycles. The number of benzene rings is 1. The van der Waals surface area contributed by atoms with Gasteiger partial charge in [-0.15, -0.1) is 12.4 Å². The number of carbonyl (C=O) groups excluding carboxylic acids is 1. The van der Waals surface area contributed by atoms with Crippen LogP contribution in [0.25, 0.3) is 0 Å². The predicted molar refractivity (Wildman–Crippen MR) is 89.0 cm³/mol. The van der Waals surface area contributed by atoms with Crippen molar-refractivity contribution in [2.45, 2.75) is 31.8 Å². The van der Waals surface area contributed by atoms with Gasteiger partial charge >= 0.3 is 0 Å². The number of rotatable bonds is 6. The van der Waals surface area contributed by atoms with Gasteiger partial charge in [-0.3, -0.25) is 4.79 Å². The molecule has 1 saturated heterocycles. The highest BCUT2D eigenvalue weighted by Gasteiger charge is 2.20. The first-order valence-corrected chi connectivity index (χ1v) is 7.45. The van der Waals surface area contributed by atoms with E-state index in [1.807, 2.05) is 12.1 Å². The van der Waals surface area contributed by atoms with Crippen molar-refractivity contribution in [2.24, 2.45) is 0 Å². The summed E-state index contributed by atoms with van der Waals surface area (Å²) in [6, 6.07) is 7.93. The number of nitrogens with one attached hydrogen (secondary N) is 2. The standard InChI is InChI=1S/C16H24N2O3.ClH/c1-12-11-14(7-8-17-12)18-16(19)13-3-5-15(6-4-13)21-10-9-20-2;/h3-6,12,14,17H,7-11H2,1-2H3,(H,18,19);1H. The van der Waals surface area contributed by atoms with Crippen LogP contribution < -0.4 is 15.4 Å². The zero-order valence-corrected chi connectivity index (χ0v) is 13.9. The summed E-state index contributed by atoms with van der Waals surface area (Å²) in [5, 5.41) is 6.48. The Bertz CT molecular complexity index is 453. The fourth-order valence-electron chi connectivity index (χ4n) is 2.48. The maximum absolute atomic E-state index is 12.2. The molecule has 124 valence electrons. The molecule has 2 rings (SSSR count). The molecule has 22 heavy (non-hydrogen) atoms. The monoisotopic (exact) mass is 328 g/mol. The highest BCUT2D eigenvalue weighted by atomic mass is 35.5. The van der Waals surface area contributed by atoms with Gasteiger partial charge in [0, 0.05) is 24.8 Å². The molecule has 2 unspecified atom stereocenters. The minimum atomic E-state index is -0.0162. The van der Waals surface area contributed by atoms with Crippen molar-refractivity contribution in [1.29, 1.82) is 0 Å². The second kappa shape index (κ2) is 9.66. The van der Waals surface area contributed by atoms with Gasteiger partial charge < -0.3 is 20.1 Å². The zero-order valence-electron chi connectivity index (χ0n) is 13.1. The number of ether oxygens (including phenoxy) is 2. The summed E-state index contributed by atoms with van der Waals surface area (Å²) in [5.41, 5.74) is 0.667. The van der Waals surface area contributed by atoms with Gasteiger partial charge in [0.05, 0.1) is 6.61 Å². The number of hydrogen-bond donors (Lipinski definition) is 2. The molecule has 1 aliphatic rings. The quantitative estimate of drug-likeness (QED) is 0.784. The molecular formula is C16H25ClN2O3. The normalized spacial score (nSPS) is 20.8. The van der Waals surface area contributed by atoms with E-state index in [-0.39, 0.29) is 24.4 Å². The largest absolute Gasteiger partial charge is 0.491 e. The molecule has 5 nitrogen and oxygen atoms in total. The number of amides is 1. The SMILES string of the molecule is COCCOc1ccc(C(=O)NC2CCNC(C)C2)cc1.Cl. The molecule has 1 amide bonds. The average molecular weight is 329 g/mol. The molecule has 2 atom stereocenters. The van der Waals surface area contributed by atoms with Gasteiger partial charge in [-0.25, -0.2) is 0 Å². The maximum atomic E-state index is 12.2. The Kier molecular flexibility index (Phi) is 8.24. The highest BCUT2D eigenvalue weighted by Crippen LogP contribution is 2.13. The van der Waals surface area contributed by atoms with E-state index in [1.54, 1.807) is 19.2 Å². The van der Waals surface area contributed by atoms with Crippen LogP contribution in [0.1, 0.15) is 30.1 Å². The maximum Gasteiger partial charge on any atom is 0.251 e. The summed E-state index contributed by atoms with van der Waals surface area (Å²) in [7, 11) is 1.64. The summed E-state index contributed by atoms with van der Waals surface area (Å²) >= 11 is 0. The lowest BCUT2D eigenvalue weighted by Crippen LogP contribution is -2.46. The van der Waals surface area contributed by atoms with Gasteiger partial charge in [0.25, 0.3) is 5.91 Å². The summed E-state index contributed by atoms with van der Waals surface area (Å²) in [6.07, 6.45) is 1.96. The van der Waals surface area contributed by atoms with Crippen molar-refractivity contribution in [1.82, 2.24) is 10.6 Å². The van der Waals surface area contributed by atoms with Crippen LogP contribution in [0.2, 0.25) is 0 Å². The number of piperidine rings is 1. The Morgan fingerprint density at radius 3 is 2.68 bits per heavy atom.